The molecule has 0 saturated carbocycles. The number of nitrogens with one attached hydrogen (secondary N) is 1. The number of hydrogen-bond donors (Lipinski definition) is 1. The summed E-state index contributed by atoms with van der Waals surface area (Å²) < 4.78 is 1.71. The van der Waals surface area contributed by atoms with Gasteiger partial charge in [-0.25, -0.2) is 4.79 Å². The van der Waals surface area contributed by atoms with E-state index in [1.54, 1.807) is 4.57 Å². The Morgan fingerprint density at radius 1 is 1.50 bits per heavy atom. The van der Waals surface area contributed by atoms with Gasteiger partial charge >= 0.3 is 5.69 Å². The van der Waals surface area contributed by atoms with Gasteiger partial charge in [0.05, 0.1) is 23.5 Å². The Balaban J connectivity index is 2.66. The summed E-state index contributed by atoms with van der Waals surface area (Å²) in [5.74, 6) is 0. The maximum atomic E-state index is 11.7. The van der Waals surface area contributed by atoms with Crippen LogP contribution in [0.15, 0.2) is 23.0 Å². The molecule has 2 rings (SSSR count). The number of H-pyrrole nitrogens is 1. The minimum Gasteiger partial charge on any atom is -0.306 e. The maximum Gasteiger partial charge on any atom is 0.326 e. The van der Waals surface area contributed by atoms with E-state index < -0.39 is 0 Å². The van der Waals surface area contributed by atoms with Gasteiger partial charge < -0.3 is 4.98 Å². The number of aromatic amines is 1. The van der Waals surface area contributed by atoms with Crippen molar-refractivity contribution in [2.45, 2.75) is 26.3 Å². The summed E-state index contributed by atoms with van der Waals surface area (Å²) in [6.45, 7) is 3.94. The predicted octanol–water partition coefficient (Wildman–Crippen LogP) is 1.98. The first-order valence-corrected chi connectivity index (χ1v) is 5.23. The van der Waals surface area contributed by atoms with Crippen LogP contribution in [0.1, 0.15) is 25.5 Å². The highest BCUT2D eigenvalue weighted by Crippen LogP contribution is 2.16. The Morgan fingerprint density at radius 3 is 2.88 bits per heavy atom. The SMILES string of the molecule is CC(C)n1c(=O)[nH]c2cc(CC#N)ccc21. The molecule has 0 saturated heterocycles. The lowest BCUT2D eigenvalue weighted by atomic mass is 10.1. The molecule has 1 aromatic heterocycles. The van der Waals surface area contributed by atoms with E-state index in [2.05, 4.69) is 11.1 Å². The monoisotopic (exact) mass is 215 g/mol. The fourth-order valence-electron chi connectivity index (χ4n) is 1.89. The molecule has 4 nitrogen and oxygen atoms in total. The molecule has 0 spiro atoms. The number of nitriles is 1. The van der Waals surface area contributed by atoms with Gasteiger partial charge in [0.15, 0.2) is 0 Å². The topological polar surface area (TPSA) is 61.6 Å². The number of hydrogen-bond acceptors (Lipinski definition) is 2. The van der Waals surface area contributed by atoms with Gasteiger partial charge in [0.1, 0.15) is 0 Å². The van der Waals surface area contributed by atoms with Crippen LogP contribution in [0.3, 0.4) is 0 Å². The van der Waals surface area contributed by atoms with Crippen LogP contribution in [-0.2, 0) is 6.42 Å². The van der Waals surface area contributed by atoms with Gasteiger partial charge in [-0.05, 0) is 31.5 Å². The molecule has 0 fully saturated rings. The van der Waals surface area contributed by atoms with Crippen molar-refractivity contribution >= 4 is 11.0 Å². The summed E-state index contributed by atoms with van der Waals surface area (Å²) in [5.41, 5.74) is 2.51. The van der Waals surface area contributed by atoms with Crippen LogP contribution in [0.2, 0.25) is 0 Å². The number of aromatic nitrogens is 2. The van der Waals surface area contributed by atoms with Crippen molar-refractivity contribution in [2.75, 3.05) is 0 Å². The van der Waals surface area contributed by atoms with E-state index in [0.717, 1.165) is 16.6 Å². The molecule has 1 aromatic carbocycles. The van der Waals surface area contributed by atoms with Gasteiger partial charge in [0.25, 0.3) is 0 Å². The Morgan fingerprint density at radius 2 is 2.25 bits per heavy atom. The molecule has 0 radical (unpaired) electrons. The standard InChI is InChI=1S/C12H13N3O/c1-8(2)15-11-4-3-9(5-6-13)7-10(11)14-12(15)16/h3-4,7-8H,5H2,1-2H3,(H,14,16). The van der Waals surface area contributed by atoms with Crippen molar-refractivity contribution in [3.05, 3.63) is 34.2 Å². The summed E-state index contributed by atoms with van der Waals surface area (Å²) in [7, 11) is 0. The van der Waals surface area contributed by atoms with Gasteiger partial charge in [0, 0.05) is 6.04 Å². The van der Waals surface area contributed by atoms with Crippen LogP contribution < -0.4 is 5.69 Å². The first-order chi connectivity index (χ1) is 7.63. The zero-order valence-electron chi connectivity index (χ0n) is 9.32. The van der Waals surface area contributed by atoms with Crippen LogP contribution in [0, 0.1) is 11.3 Å². The zero-order valence-corrected chi connectivity index (χ0v) is 9.32. The molecule has 1 heterocycles. The number of nitrogens with zero attached hydrogens (tertiary/aromatic N) is 2. The average Bonchev–Trinajstić information content (AvgIpc) is 2.53. The third-order valence-corrected chi connectivity index (χ3v) is 2.58. The number of fused-ring (bicyclic) bond motifs is 1. The van der Waals surface area contributed by atoms with E-state index in [1.165, 1.54) is 0 Å². The third-order valence-electron chi connectivity index (χ3n) is 2.58. The molecule has 1 N–H and O–H groups in total. The van der Waals surface area contributed by atoms with Gasteiger partial charge in [-0.15, -0.1) is 0 Å². The minimum atomic E-state index is -0.0980. The fourth-order valence-corrected chi connectivity index (χ4v) is 1.89. The van der Waals surface area contributed by atoms with Crippen molar-refractivity contribution in [3.63, 3.8) is 0 Å². The Hall–Kier alpha value is -2.02. The highest BCUT2D eigenvalue weighted by molar-refractivity contribution is 5.76. The maximum absolute atomic E-state index is 11.7. The van der Waals surface area contributed by atoms with Crippen LogP contribution in [0.5, 0.6) is 0 Å². The van der Waals surface area contributed by atoms with Crippen LogP contribution in [-0.4, -0.2) is 9.55 Å². The van der Waals surface area contributed by atoms with Gasteiger partial charge in [-0.1, -0.05) is 6.07 Å². The normalized spacial score (nSPS) is 10.9. The van der Waals surface area contributed by atoms with E-state index in [1.807, 2.05) is 32.0 Å². The quantitative estimate of drug-likeness (QED) is 0.832. The molecule has 0 unspecified atom stereocenters. The predicted molar refractivity (Wildman–Crippen MR) is 62.3 cm³/mol. The second-order valence-electron chi connectivity index (χ2n) is 4.08. The summed E-state index contributed by atoms with van der Waals surface area (Å²) in [6.07, 6.45) is 0.366. The molecule has 0 amide bonds. The van der Waals surface area contributed by atoms with E-state index >= 15 is 0 Å². The Labute approximate surface area is 93.1 Å². The summed E-state index contributed by atoms with van der Waals surface area (Å²) >= 11 is 0. The fraction of sp³-hybridized carbons (Fsp3) is 0.333. The van der Waals surface area contributed by atoms with Crippen molar-refractivity contribution in [1.82, 2.24) is 9.55 Å². The second kappa shape index (κ2) is 3.86. The van der Waals surface area contributed by atoms with E-state index in [4.69, 9.17) is 5.26 Å². The van der Waals surface area contributed by atoms with Gasteiger partial charge in [-0.3, -0.25) is 4.57 Å². The molecule has 16 heavy (non-hydrogen) atoms. The van der Waals surface area contributed by atoms with Crippen molar-refractivity contribution in [1.29, 1.82) is 5.26 Å². The average molecular weight is 215 g/mol. The summed E-state index contributed by atoms with van der Waals surface area (Å²) in [6, 6.07) is 7.86. The molecular weight excluding hydrogens is 202 g/mol. The summed E-state index contributed by atoms with van der Waals surface area (Å²) in [5, 5.41) is 8.61. The van der Waals surface area contributed by atoms with Crippen LogP contribution in [0.4, 0.5) is 0 Å². The molecule has 82 valence electrons. The zero-order chi connectivity index (χ0) is 11.7. The molecule has 4 heteroatoms. The van der Waals surface area contributed by atoms with Crippen molar-refractivity contribution in [3.8, 4) is 6.07 Å². The lowest BCUT2D eigenvalue weighted by Crippen LogP contribution is -2.18. The van der Waals surface area contributed by atoms with E-state index in [9.17, 15) is 4.79 Å². The van der Waals surface area contributed by atoms with E-state index in [-0.39, 0.29) is 11.7 Å². The van der Waals surface area contributed by atoms with Crippen LogP contribution in [0.25, 0.3) is 11.0 Å². The smallest absolute Gasteiger partial charge is 0.306 e. The van der Waals surface area contributed by atoms with Gasteiger partial charge in [0.2, 0.25) is 0 Å². The van der Waals surface area contributed by atoms with Crippen molar-refractivity contribution < 1.29 is 0 Å². The lowest BCUT2D eigenvalue weighted by molar-refractivity contribution is 0.598. The first kappa shape index (κ1) is 10.5. The number of imidazole rings is 1. The Bertz CT molecular complexity index is 613. The molecule has 0 atom stereocenters. The van der Waals surface area contributed by atoms with Crippen molar-refractivity contribution in [2.24, 2.45) is 0 Å². The molecule has 0 aliphatic carbocycles. The molecule has 0 aliphatic rings. The Kier molecular flexibility index (Phi) is 2.53. The van der Waals surface area contributed by atoms with Gasteiger partial charge in [-0.2, -0.15) is 5.26 Å². The lowest BCUT2D eigenvalue weighted by Gasteiger charge is -2.06. The summed E-state index contributed by atoms with van der Waals surface area (Å²) in [4.78, 5) is 14.5. The first-order valence-electron chi connectivity index (χ1n) is 5.23. The highest BCUT2D eigenvalue weighted by atomic mass is 16.1. The number of benzene rings is 1. The number of rotatable bonds is 2. The third kappa shape index (κ3) is 1.61. The highest BCUT2D eigenvalue weighted by Gasteiger charge is 2.09. The van der Waals surface area contributed by atoms with Crippen LogP contribution >= 0.6 is 0 Å². The molecular formula is C12H13N3O. The van der Waals surface area contributed by atoms with E-state index in [0.29, 0.717) is 6.42 Å². The molecule has 0 aliphatic heterocycles. The largest absolute Gasteiger partial charge is 0.326 e. The molecule has 2 aromatic rings. The minimum absolute atomic E-state index is 0.0980. The molecule has 0 bridgehead atoms. The second-order valence-corrected chi connectivity index (χ2v) is 4.08.